The van der Waals surface area contributed by atoms with Crippen LogP contribution in [-0.4, -0.2) is 22.8 Å². The van der Waals surface area contributed by atoms with Gasteiger partial charge in [0, 0.05) is 11.6 Å². The number of hydrogen-bond acceptors (Lipinski definition) is 5. The number of aromatic nitrogens is 1. The first kappa shape index (κ1) is 12.4. The van der Waals surface area contributed by atoms with Gasteiger partial charge in [0.05, 0.1) is 0 Å². The highest BCUT2D eigenvalue weighted by atomic mass is 32.1. The average molecular weight is 262 g/mol. The lowest BCUT2D eigenvalue weighted by Gasteiger charge is -1.98. The Labute approximate surface area is 107 Å². The molecule has 0 bridgehead atoms. The predicted molar refractivity (Wildman–Crippen MR) is 67.5 cm³/mol. The minimum atomic E-state index is -0.291. The Bertz CT molecular complexity index is 619. The summed E-state index contributed by atoms with van der Waals surface area (Å²) in [5, 5.41) is 16.7. The molecule has 5 nitrogen and oxygen atoms in total. The zero-order valence-electron chi connectivity index (χ0n) is 9.56. The van der Waals surface area contributed by atoms with Crippen molar-refractivity contribution in [3.05, 3.63) is 33.7 Å². The Morgan fingerprint density at radius 1 is 1.67 bits per heavy atom. The SMILES string of the molecule is Cc1cc(NC(=O)c2sccc2C#CCO)no1. The van der Waals surface area contributed by atoms with Crippen LogP contribution in [0.2, 0.25) is 0 Å². The Morgan fingerprint density at radius 3 is 3.17 bits per heavy atom. The van der Waals surface area contributed by atoms with E-state index in [9.17, 15) is 4.79 Å². The van der Waals surface area contributed by atoms with Gasteiger partial charge in [-0.25, -0.2) is 0 Å². The van der Waals surface area contributed by atoms with E-state index < -0.39 is 0 Å². The summed E-state index contributed by atoms with van der Waals surface area (Å²) in [6.45, 7) is 1.51. The Balaban J connectivity index is 2.16. The fourth-order valence-corrected chi connectivity index (χ4v) is 2.06. The molecule has 0 saturated carbocycles. The third kappa shape index (κ3) is 2.77. The largest absolute Gasteiger partial charge is 0.384 e. The molecule has 1 amide bonds. The van der Waals surface area contributed by atoms with Crippen LogP contribution >= 0.6 is 11.3 Å². The normalized spacial score (nSPS) is 9.67. The second-order valence-electron chi connectivity index (χ2n) is 3.40. The van der Waals surface area contributed by atoms with Crippen LogP contribution in [0.1, 0.15) is 21.0 Å². The third-order valence-electron chi connectivity index (χ3n) is 2.04. The molecule has 0 aromatic carbocycles. The van der Waals surface area contributed by atoms with E-state index in [4.69, 9.17) is 9.63 Å². The first-order valence-corrected chi connectivity index (χ1v) is 6.00. The van der Waals surface area contributed by atoms with E-state index in [1.54, 1.807) is 24.4 Å². The molecular formula is C12H10N2O3S. The maximum absolute atomic E-state index is 12.0. The first-order chi connectivity index (χ1) is 8.70. The van der Waals surface area contributed by atoms with E-state index in [2.05, 4.69) is 22.3 Å². The van der Waals surface area contributed by atoms with Crippen LogP contribution < -0.4 is 5.32 Å². The number of amides is 1. The van der Waals surface area contributed by atoms with Gasteiger partial charge in [0.15, 0.2) is 5.82 Å². The molecule has 92 valence electrons. The van der Waals surface area contributed by atoms with Gasteiger partial charge in [0.1, 0.15) is 17.2 Å². The van der Waals surface area contributed by atoms with Gasteiger partial charge in [0.25, 0.3) is 5.91 Å². The number of carbonyl (C=O) groups excluding carboxylic acids is 1. The monoisotopic (exact) mass is 262 g/mol. The maximum Gasteiger partial charge on any atom is 0.268 e. The molecule has 0 atom stereocenters. The molecule has 0 aliphatic carbocycles. The van der Waals surface area contributed by atoms with Gasteiger partial charge in [0.2, 0.25) is 0 Å². The molecule has 18 heavy (non-hydrogen) atoms. The molecule has 2 aromatic heterocycles. The zero-order valence-corrected chi connectivity index (χ0v) is 10.4. The Morgan fingerprint density at radius 2 is 2.50 bits per heavy atom. The number of nitrogens with zero attached hydrogens (tertiary/aromatic N) is 1. The first-order valence-electron chi connectivity index (χ1n) is 5.12. The highest BCUT2D eigenvalue weighted by Gasteiger charge is 2.13. The highest BCUT2D eigenvalue weighted by molar-refractivity contribution is 7.12. The molecule has 0 spiro atoms. The second kappa shape index (κ2) is 5.49. The summed E-state index contributed by atoms with van der Waals surface area (Å²) in [6, 6.07) is 3.36. The van der Waals surface area contributed by atoms with Gasteiger partial charge in [-0.15, -0.1) is 11.3 Å². The fraction of sp³-hybridized carbons (Fsp3) is 0.167. The lowest BCUT2D eigenvalue weighted by molar-refractivity contribution is 0.102. The molecule has 0 unspecified atom stereocenters. The van der Waals surface area contributed by atoms with Crippen LogP contribution in [0.3, 0.4) is 0 Å². The summed E-state index contributed by atoms with van der Waals surface area (Å²) in [5.41, 5.74) is 0.590. The molecule has 0 radical (unpaired) electrons. The van der Waals surface area contributed by atoms with Crippen LogP contribution in [0.25, 0.3) is 0 Å². The number of thiophene rings is 1. The van der Waals surface area contributed by atoms with E-state index in [0.29, 0.717) is 22.0 Å². The van der Waals surface area contributed by atoms with Gasteiger partial charge < -0.3 is 14.9 Å². The summed E-state index contributed by atoms with van der Waals surface area (Å²) < 4.78 is 4.86. The molecule has 0 saturated heterocycles. The van der Waals surface area contributed by atoms with E-state index in [-0.39, 0.29) is 12.5 Å². The number of hydrogen-bond donors (Lipinski definition) is 2. The second-order valence-corrected chi connectivity index (χ2v) is 4.32. The van der Waals surface area contributed by atoms with Gasteiger partial charge in [-0.3, -0.25) is 4.79 Å². The Kier molecular flexibility index (Phi) is 3.77. The molecule has 2 heterocycles. The minimum absolute atomic E-state index is 0.237. The van der Waals surface area contributed by atoms with Crippen molar-refractivity contribution < 1.29 is 14.4 Å². The van der Waals surface area contributed by atoms with Crippen LogP contribution in [0.4, 0.5) is 5.82 Å². The van der Waals surface area contributed by atoms with E-state index >= 15 is 0 Å². The standard InChI is InChI=1S/C12H10N2O3S/c1-8-7-10(14-17-8)13-12(16)11-9(3-2-5-15)4-6-18-11/h4,6-7,15H,5H2,1H3,(H,13,14,16). The number of anilines is 1. The van der Waals surface area contributed by atoms with E-state index in [0.717, 1.165) is 0 Å². The van der Waals surface area contributed by atoms with E-state index in [1.807, 2.05) is 0 Å². The molecular weight excluding hydrogens is 252 g/mol. The zero-order chi connectivity index (χ0) is 13.0. The highest BCUT2D eigenvalue weighted by Crippen LogP contribution is 2.18. The quantitative estimate of drug-likeness (QED) is 0.807. The number of nitrogens with one attached hydrogen (secondary N) is 1. The van der Waals surface area contributed by atoms with E-state index in [1.165, 1.54) is 11.3 Å². The van der Waals surface area contributed by atoms with Gasteiger partial charge in [-0.2, -0.15) is 0 Å². The lowest BCUT2D eigenvalue weighted by atomic mass is 10.2. The Hall–Kier alpha value is -2.10. The molecule has 0 aliphatic heterocycles. The fourth-order valence-electron chi connectivity index (χ4n) is 1.32. The molecule has 6 heteroatoms. The number of carbonyl (C=O) groups is 1. The van der Waals surface area contributed by atoms with Crippen molar-refractivity contribution in [2.24, 2.45) is 0 Å². The molecule has 2 aromatic rings. The lowest BCUT2D eigenvalue weighted by Crippen LogP contribution is -2.11. The smallest absolute Gasteiger partial charge is 0.268 e. The summed E-state index contributed by atoms with van der Waals surface area (Å²) in [7, 11) is 0. The van der Waals surface area contributed by atoms with Crippen LogP contribution in [-0.2, 0) is 0 Å². The van der Waals surface area contributed by atoms with Gasteiger partial charge in [-0.1, -0.05) is 17.0 Å². The van der Waals surface area contributed by atoms with Crippen molar-refractivity contribution in [2.45, 2.75) is 6.92 Å². The van der Waals surface area contributed by atoms with Crippen LogP contribution in [0, 0.1) is 18.8 Å². The molecule has 0 aliphatic rings. The average Bonchev–Trinajstić information content (AvgIpc) is 2.95. The van der Waals surface area contributed by atoms with Crippen molar-refractivity contribution in [1.29, 1.82) is 0 Å². The number of aliphatic hydroxyl groups excluding tert-OH is 1. The van der Waals surface area contributed by atoms with Crippen molar-refractivity contribution >= 4 is 23.1 Å². The topological polar surface area (TPSA) is 75.4 Å². The molecule has 0 fully saturated rings. The third-order valence-corrected chi connectivity index (χ3v) is 2.96. The van der Waals surface area contributed by atoms with Crippen molar-refractivity contribution in [2.75, 3.05) is 11.9 Å². The number of rotatable bonds is 2. The van der Waals surface area contributed by atoms with Gasteiger partial charge >= 0.3 is 0 Å². The molecule has 2 N–H and O–H groups in total. The summed E-state index contributed by atoms with van der Waals surface area (Å²) in [6.07, 6.45) is 0. The number of aryl methyl sites for hydroxylation is 1. The number of aliphatic hydroxyl groups is 1. The van der Waals surface area contributed by atoms with Gasteiger partial charge in [-0.05, 0) is 18.4 Å². The predicted octanol–water partition coefficient (Wildman–Crippen LogP) is 1.64. The summed E-state index contributed by atoms with van der Waals surface area (Å²) in [4.78, 5) is 12.4. The van der Waals surface area contributed by atoms with Crippen molar-refractivity contribution in [3.63, 3.8) is 0 Å². The maximum atomic E-state index is 12.0. The van der Waals surface area contributed by atoms with Crippen molar-refractivity contribution in [1.82, 2.24) is 5.16 Å². The molecule has 2 rings (SSSR count). The summed E-state index contributed by atoms with van der Waals surface area (Å²) >= 11 is 1.28. The summed E-state index contributed by atoms with van der Waals surface area (Å²) in [5.74, 6) is 5.93. The van der Waals surface area contributed by atoms with Crippen molar-refractivity contribution in [3.8, 4) is 11.8 Å². The van der Waals surface area contributed by atoms with Crippen LogP contribution in [0.15, 0.2) is 22.0 Å². The van der Waals surface area contributed by atoms with Crippen LogP contribution in [0.5, 0.6) is 0 Å². The minimum Gasteiger partial charge on any atom is -0.384 e.